The zero-order valence-electron chi connectivity index (χ0n) is 20.0. The second-order valence-electron chi connectivity index (χ2n) is 8.91. The van der Waals surface area contributed by atoms with Crippen LogP contribution in [-0.2, 0) is 11.3 Å². The van der Waals surface area contributed by atoms with Gasteiger partial charge in [0.05, 0.1) is 33.3 Å². The van der Waals surface area contributed by atoms with Crippen LogP contribution in [-0.4, -0.2) is 51.8 Å². The van der Waals surface area contributed by atoms with E-state index in [2.05, 4.69) is 48.3 Å². The van der Waals surface area contributed by atoms with Gasteiger partial charge < -0.3 is 24.0 Å². The van der Waals surface area contributed by atoms with E-state index < -0.39 is 0 Å². The minimum Gasteiger partial charge on any atom is -0.497 e. The minimum atomic E-state index is -0.169. The average Bonchev–Trinajstić information content (AvgIpc) is 3.20. The summed E-state index contributed by atoms with van der Waals surface area (Å²) < 4.78 is 16.3. The van der Waals surface area contributed by atoms with Crippen molar-refractivity contribution < 1.29 is 19.0 Å². The summed E-state index contributed by atoms with van der Waals surface area (Å²) in [6, 6.07) is 22.4. The summed E-state index contributed by atoms with van der Waals surface area (Å²) in [5.74, 6) is 2.26. The van der Waals surface area contributed by atoms with Gasteiger partial charge in [-0.3, -0.25) is 4.79 Å². The first-order valence-electron chi connectivity index (χ1n) is 11.5. The van der Waals surface area contributed by atoms with Crippen molar-refractivity contribution in [2.24, 2.45) is 5.92 Å². The van der Waals surface area contributed by atoms with Crippen molar-refractivity contribution in [1.29, 1.82) is 0 Å². The number of hydrogen-bond acceptors (Lipinski definition) is 5. The number of nitrogens with zero attached hydrogens (tertiary/aromatic N) is 2. The number of para-hydroxylation sites is 1. The van der Waals surface area contributed by atoms with E-state index in [9.17, 15) is 4.79 Å². The molecule has 0 bridgehead atoms. The van der Waals surface area contributed by atoms with Gasteiger partial charge in [-0.05, 0) is 41.5 Å². The Bertz CT molecular complexity index is 1190. The molecule has 0 aliphatic carbocycles. The minimum absolute atomic E-state index is 0.0152. The van der Waals surface area contributed by atoms with Crippen molar-refractivity contribution in [2.45, 2.75) is 18.5 Å². The number of likely N-dealkylation sites (N-methyl/N-ethyl adjacent to an activating group) is 1. The zero-order valence-corrected chi connectivity index (χ0v) is 20.0. The Morgan fingerprint density at radius 1 is 0.882 bits per heavy atom. The number of carbonyl (C=O) groups excluding carboxylic acids is 1. The highest BCUT2D eigenvalue weighted by Gasteiger charge is 2.51. The summed E-state index contributed by atoms with van der Waals surface area (Å²) in [4.78, 5) is 18.2. The second-order valence-corrected chi connectivity index (χ2v) is 8.91. The molecule has 0 spiro atoms. The molecule has 3 aromatic carbocycles. The third-order valence-corrected chi connectivity index (χ3v) is 7.26. The molecule has 0 unspecified atom stereocenters. The molecule has 2 aliphatic rings. The maximum absolute atomic E-state index is 13.9. The van der Waals surface area contributed by atoms with E-state index in [1.807, 2.05) is 35.2 Å². The standard InChI is InChI=1S/C28H30N2O4/c1-29-23-8-6-5-7-22(23)26(18-9-12-20(32-2)13-10-18)27-24(29)17-30(28(27)31)16-19-11-14-21(33-3)15-25(19)34-4/h5-15,24,26-27H,16-17H2,1-4H3/t24-,26+,27-/m1/s1. The van der Waals surface area contributed by atoms with Crippen LogP contribution in [0.3, 0.4) is 0 Å². The van der Waals surface area contributed by atoms with Gasteiger partial charge in [0.1, 0.15) is 17.2 Å². The molecule has 3 atom stereocenters. The van der Waals surface area contributed by atoms with Crippen LogP contribution in [0.1, 0.15) is 22.6 Å². The molecule has 2 aliphatic heterocycles. The van der Waals surface area contributed by atoms with Crippen LogP contribution in [0.15, 0.2) is 66.7 Å². The van der Waals surface area contributed by atoms with Gasteiger partial charge in [0.15, 0.2) is 0 Å². The van der Waals surface area contributed by atoms with Gasteiger partial charge in [0.2, 0.25) is 5.91 Å². The Labute approximate surface area is 200 Å². The van der Waals surface area contributed by atoms with Crippen LogP contribution in [0.25, 0.3) is 0 Å². The maximum atomic E-state index is 13.9. The number of rotatable bonds is 6. The molecule has 1 amide bonds. The molecule has 0 aromatic heterocycles. The highest BCUT2D eigenvalue weighted by Crippen LogP contribution is 2.48. The van der Waals surface area contributed by atoms with E-state index in [1.54, 1.807) is 21.3 Å². The molecular weight excluding hydrogens is 428 g/mol. The maximum Gasteiger partial charge on any atom is 0.229 e. The quantitative estimate of drug-likeness (QED) is 0.551. The molecule has 1 saturated heterocycles. The van der Waals surface area contributed by atoms with Crippen LogP contribution in [0.2, 0.25) is 0 Å². The van der Waals surface area contributed by atoms with Crippen LogP contribution in [0.4, 0.5) is 5.69 Å². The molecule has 0 N–H and O–H groups in total. The van der Waals surface area contributed by atoms with E-state index >= 15 is 0 Å². The Hall–Kier alpha value is -3.67. The number of carbonyl (C=O) groups is 1. The van der Waals surface area contributed by atoms with E-state index in [4.69, 9.17) is 14.2 Å². The lowest BCUT2D eigenvalue weighted by Gasteiger charge is -2.41. The van der Waals surface area contributed by atoms with Gasteiger partial charge >= 0.3 is 0 Å². The molecule has 176 valence electrons. The van der Waals surface area contributed by atoms with Crippen LogP contribution in [0.5, 0.6) is 17.2 Å². The van der Waals surface area contributed by atoms with Gasteiger partial charge in [-0.2, -0.15) is 0 Å². The smallest absolute Gasteiger partial charge is 0.229 e. The average molecular weight is 459 g/mol. The normalized spacial score (nSPS) is 21.2. The lowest BCUT2D eigenvalue weighted by molar-refractivity contribution is -0.131. The molecule has 5 rings (SSSR count). The number of benzene rings is 3. The van der Waals surface area contributed by atoms with Crippen LogP contribution >= 0.6 is 0 Å². The zero-order chi connectivity index (χ0) is 23.8. The highest BCUT2D eigenvalue weighted by molar-refractivity contribution is 5.87. The van der Waals surface area contributed by atoms with Crippen molar-refractivity contribution in [1.82, 2.24) is 4.90 Å². The Morgan fingerprint density at radius 2 is 1.59 bits per heavy atom. The lowest BCUT2D eigenvalue weighted by Crippen LogP contribution is -2.45. The van der Waals surface area contributed by atoms with E-state index in [0.29, 0.717) is 13.1 Å². The SMILES string of the molecule is COc1ccc([C@H]2c3ccccc3N(C)[C@@H]3CN(Cc4ccc(OC)cc4OC)C(=O)[C@@H]23)cc1. The Kier molecular flexibility index (Phi) is 5.82. The number of amides is 1. The van der Waals surface area contributed by atoms with E-state index in [0.717, 1.165) is 28.4 Å². The van der Waals surface area contributed by atoms with Gasteiger partial charge in [0.25, 0.3) is 0 Å². The molecule has 6 nitrogen and oxygen atoms in total. The Morgan fingerprint density at radius 3 is 2.29 bits per heavy atom. The molecule has 2 heterocycles. The highest BCUT2D eigenvalue weighted by atomic mass is 16.5. The Balaban J connectivity index is 1.52. The first kappa shape index (κ1) is 22.1. The fourth-order valence-corrected chi connectivity index (χ4v) is 5.51. The van der Waals surface area contributed by atoms with Crippen LogP contribution in [0, 0.1) is 5.92 Å². The lowest BCUT2D eigenvalue weighted by atomic mass is 9.74. The van der Waals surface area contributed by atoms with Crippen molar-refractivity contribution in [3.8, 4) is 17.2 Å². The van der Waals surface area contributed by atoms with Crippen molar-refractivity contribution in [2.75, 3.05) is 39.8 Å². The summed E-state index contributed by atoms with van der Waals surface area (Å²) in [7, 11) is 7.05. The van der Waals surface area contributed by atoms with Crippen molar-refractivity contribution in [3.63, 3.8) is 0 Å². The summed E-state index contributed by atoms with van der Waals surface area (Å²) in [5.41, 5.74) is 4.47. The van der Waals surface area contributed by atoms with E-state index in [1.165, 1.54) is 11.3 Å². The monoisotopic (exact) mass is 458 g/mol. The predicted molar refractivity (Wildman–Crippen MR) is 132 cm³/mol. The van der Waals surface area contributed by atoms with Gasteiger partial charge in [-0.15, -0.1) is 0 Å². The molecule has 6 heteroatoms. The van der Waals surface area contributed by atoms with Crippen LogP contribution < -0.4 is 19.1 Å². The number of anilines is 1. The largest absolute Gasteiger partial charge is 0.497 e. The summed E-state index contributed by atoms with van der Waals surface area (Å²) in [5, 5.41) is 0. The third kappa shape index (κ3) is 3.63. The third-order valence-electron chi connectivity index (χ3n) is 7.26. The number of likely N-dealkylation sites (tertiary alicyclic amines) is 1. The summed E-state index contributed by atoms with van der Waals surface area (Å²) in [6.07, 6.45) is 0. The first-order valence-corrected chi connectivity index (χ1v) is 11.5. The first-order chi connectivity index (χ1) is 16.5. The fourth-order valence-electron chi connectivity index (χ4n) is 5.51. The molecule has 0 saturated carbocycles. The topological polar surface area (TPSA) is 51.2 Å². The summed E-state index contributed by atoms with van der Waals surface area (Å²) in [6.45, 7) is 1.16. The van der Waals surface area contributed by atoms with Crippen molar-refractivity contribution >= 4 is 11.6 Å². The molecule has 1 fully saturated rings. The fraction of sp³-hybridized carbons (Fsp3) is 0.321. The molecule has 34 heavy (non-hydrogen) atoms. The number of methoxy groups -OCH3 is 3. The molecular formula is C28H30N2O4. The van der Waals surface area contributed by atoms with Gasteiger partial charge in [0, 0.05) is 43.4 Å². The predicted octanol–water partition coefficient (Wildman–Crippen LogP) is 4.32. The second kappa shape index (κ2) is 8.93. The number of fused-ring (bicyclic) bond motifs is 2. The van der Waals surface area contributed by atoms with E-state index in [-0.39, 0.29) is 23.8 Å². The van der Waals surface area contributed by atoms with Gasteiger partial charge in [-0.25, -0.2) is 0 Å². The molecule has 3 aromatic rings. The molecule has 0 radical (unpaired) electrons. The number of ether oxygens (including phenoxy) is 3. The number of hydrogen-bond donors (Lipinski definition) is 0. The summed E-state index contributed by atoms with van der Waals surface area (Å²) >= 11 is 0. The van der Waals surface area contributed by atoms with Gasteiger partial charge in [-0.1, -0.05) is 30.3 Å². The van der Waals surface area contributed by atoms with Crippen molar-refractivity contribution in [3.05, 3.63) is 83.4 Å².